The summed E-state index contributed by atoms with van der Waals surface area (Å²) in [5.41, 5.74) is 0. The van der Waals surface area contributed by atoms with Crippen molar-refractivity contribution in [2.45, 2.75) is 77.5 Å². The third-order valence-corrected chi connectivity index (χ3v) is 7.34. The average molecular weight is 677 g/mol. The van der Waals surface area contributed by atoms with Crippen molar-refractivity contribution in [2.75, 3.05) is 13.1 Å². The molecule has 4 atom stereocenters. The van der Waals surface area contributed by atoms with E-state index in [1.807, 2.05) is 0 Å². The number of carbonyl (C=O) groups excluding carboxylic acids is 8. The molecule has 0 aromatic rings. The van der Waals surface area contributed by atoms with Crippen LogP contribution in [-0.2, 0) is 47.9 Å². The Labute approximate surface area is 275 Å². The van der Waals surface area contributed by atoms with Crippen molar-refractivity contribution in [3.63, 3.8) is 0 Å². The Kier molecular flexibility index (Phi) is 14.1. The Morgan fingerprint density at radius 2 is 0.875 bits per heavy atom. The quantitative estimate of drug-likeness (QED) is 0.0630. The number of imide groups is 2. The number of carbonyl (C=O) groups is 10. The van der Waals surface area contributed by atoms with Gasteiger partial charge in [0.05, 0.1) is 0 Å². The third-order valence-electron chi connectivity index (χ3n) is 7.34. The first kappa shape index (κ1) is 38.8. The first-order chi connectivity index (χ1) is 22.5. The molecule has 0 fully saturated rings. The number of hydrogen-bond acceptors (Lipinski definition) is 10. The molecule has 6 N–H and O–H groups in total. The Bertz CT molecular complexity index is 1260. The van der Waals surface area contributed by atoms with E-state index in [4.69, 9.17) is 0 Å². The second-order valence-corrected chi connectivity index (χ2v) is 11.7. The molecular weight excluding hydrogens is 636 g/mol. The van der Waals surface area contributed by atoms with Gasteiger partial charge in [-0.3, -0.25) is 48.2 Å². The van der Waals surface area contributed by atoms with Crippen LogP contribution in [0.5, 0.6) is 0 Å². The molecule has 2 aliphatic heterocycles. The van der Waals surface area contributed by atoms with Crippen LogP contribution in [0.2, 0.25) is 0 Å². The first-order valence-electron chi connectivity index (χ1n) is 15.2. The largest absolute Gasteiger partial charge is 0.480 e. The van der Waals surface area contributed by atoms with Crippen molar-refractivity contribution in [3.8, 4) is 0 Å². The second kappa shape index (κ2) is 17.5. The topological polar surface area (TPSA) is 266 Å². The third kappa shape index (κ3) is 10.3. The highest BCUT2D eigenvalue weighted by molar-refractivity contribution is 6.18. The van der Waals surface area contributed by atoms with Crippen LogP contribution >= 0.6 is 0 Å². The van der Waals surface area contributed by atoms with E-state index in [-0.39, 0.29) is 38.8 Å². The summed E-state index contributed by atoms with van der Waals surface area (Å²) in [5.74, 6) is -10.8. The Morgan fingerprint density at radius 3 is 1.12 bits per heavy atom. The molecule has 0 spiro atoms. The van der Waals surface area contributed by atoms with Gasteiger partial charge in [-0.15, -0.1) is 0 Å². The zero-order chi connectivity index (χ0) is 36.3. The number of aliphatic carboxylic acids is 2. The van der Waals surface area contributed by atoms with Gasteiger partial charge in [-0.2, -0.15) is 0 Å². The molecule has 262 valence electrons. The van der Waals surface area contributed by atoms with Crippen LogP contribution in [0.4, 0.5) is 0 Å². The Morgan fingerprint density at radius 1 is 0.583 bits per heavy atom. The minimum Gasteiger partial charge on any atom is -0.480 e. The van der Waals surface area contributed by atoms with Crippen molar-refractivity contribution in [1.29, 1.82) is 0 Å². The maximum atomic E-state index is 13.6. The second-order valence-electron chi connectivity index (χ2n) is 11.7. The van der Waals surface area contributed by atoms with Gasteiger partial charge >= 0.3 is 11.9 Å². The molecule has 2 aliphatic rings. The minimum absolute atomic E-state index is 0.0313. The fraction of sp³-hybridized carbons (Fsp3) is 0.533. The molecular formula is C30H40N6O12. The highest BCUT2D eigenvalue weighted by Gasteiger charge is 2.50. The van der Waals surface area contributed by atoms with Gasteiger partial charge in [0.1, 0.15) is 24.2 Å². The van der Waals surface area contributed by atoms with Crippen LogP contribution in [0.3, 0.4) is 0 Å². The van der Waals surface area contributed by atoms with Crippen LogP contribution < -0.4 is 21.3 Å². The zero-order valence-corrected chi connectivity index (χ0v) is 26.9. The molecule has 2 heterocycles. The van der Waals surface area contributed by atoms with E-state index < -0.39 is 95.2 Å². The maximum absolute atomic E-state index is 13.6. The van der Waals surface area contributed by atoms with Gasteiger partial charge in [-0.05, 0) is 24.7 Å². The fourth-order valence-electron chi connectivity index (χ4n) is 4.82. The lowest BCUT2D eigenvalue weighted by molar-refractivity contribution is -0.156. The Hall–Kier alpha value is -5.42. The summed E-state index contributed by atoms with van der Waals surface area (Å²) < 4.78 is 0. The summed E-state index contributed by atoms with van der Waals surface area (Å²) in [5, 5.41) is 28.1. The zero-order valence-electron chi connectivity index (χ0n) is 26.9. The summed E-state index contributed by atoms with van der Waals surface area (Å²) in [6.45, 7) is 5.93. The number of carboxylic acids is 2. The molecule has 0 bridgehead atoms. The smallest absolute Gasteiger partial charge is 0.326 e. The first-order valence-corrected chi connectivity index (χ1v) is 15.2. The van der Waals surface area contributed by atoms with Crippen LogP contribution in [-0.4, -0.2) is 116 Å². The summed E-state index contributed by atoms with van der Waals surface area (Å²) in [7, 11) is 0. The van der Waals surface area contributed by atoms with Crippen LogP contribution in [0.25, 0.3) is 0 Å². The SMILES string of the molecule is CC(C)[C@H](NC(=O)CCCNC(=O)C(C(C(=O)NCCCC(=O)N[C@H](C(=O)O)C(C)C)N1C(=O)C=CC1=O)N1C(=O)C=CC1=O)C(=O)O. The van der Waals surface area contributed by atoms with Gasteiger partial charge in [0.15, 0.2) is 0 Å². The standard InChI is InChI=1S/C30H40N6O12/c1-15(2)23(29(45)46)33-17(37)7-5-13-31-27(43)25(35-19(39)9-10-20(35)40)26(36-21(41)11-12-22(36)42)28(44)32-14-6-8-18(38)34-24(16(3)4)30(47)48/h9-12,15-16,23-26H,5-8,13-14H2,1-4H3,(H,31,43)(H,32,44)(H,33,37)(H,34,38)(H,45,46)(H,47,48)/t23-,24-,25?,26?/m0/s1. The van der Waals surface area contributed by atoms with Crippen LogP contribution in [0.15, 0.2) is 24.3 Å². The van der Waals surface area contributed by atoms with Crippen LogP contribution in [0.1, 0.15) is 53.4 Å². The maximum Gasteiger partial charge on any atom is 0.326 e. The average Bonchev–Trinajstić information content (AvgIpc) is 3.51. The summed E-state index contributed by atoms with van der Waals surface area (Å²) >= 11 is 0. The lowest BCUT2D eigenvalue weighted by Gasteiger charge is -2.35. The van der Waals surface area contributed by atoms with Gasteiger partial charge in [0.25, 0.3) is 23.6 Å². The van der Waals surface area contributed by atoms with Crippen molar-refractivity contribution < 1.29 is 58.2 Å². The molecule has 2 unspecified atom stereocenters. The van der Waals surface area contributed by atoms with E-state index >= 15 is 0 Å². The fourth-order valence-corrected chi connectivity index (χ4v) is 4.82. The minimum atomic E-state index is -2.05. The van der Waals surface area contributed by atoms with Crippen LogP contribution in [0, 0.1) is 11.8 Å². The number of amides is 8. The lowest BCUT2D eigenvalue weighted by atomic mass is 10.0. The predicted molar refractivity (Wildman–Crippen MR) is 163 cm³/mol. The van der Waals surface area contributed by atoms with E-state index in [0.717, 1.165) is 24.3 Å². The van der Waals surface area contributed by atoms with E-state index in [1.165, 1.54) is 0 Å². The summed E-state index contributed by atoms with van der Waals surface area (Å²) in [6, 6.07) is -6.39. The number of nitrogens with zero attached hydrogens (tertiary/aromatic N) is 2. The molecule has 48 heavy (non-hydrogen) atoms. The van der Waals surface area contributed by atoms with Crippen molar-refractivity contribution in [3.05, 3.63) is 24.3 Å². The van der Waals surface area contributed by atoms with Gasteiger partial charge in [0, 0.05) is 50.2 Å². The molecule has 18 nitrogen and oxygen atoms in total. The number of nitrogens with one attached hydrogen (secondary N) is 4. The molecule has 2 rings (SSSR count). The van der Waals surface area contributed by atoms with Gasteiger partial charge in [-0.25, -0.2) is 9.59 Å². The molecule has 0 saturated carbocycles. The lowest BCUT2D eigenvalue weighted by Crippen LogP contribution is -2.66. The van der Waals surface area contributed by atoms with Gasteiger partial charge < -0.3 is 31.5 Å². The molecule has 0 saturated heterocycles. The Balaban J connectivity index is 2.21. The summed E-state index contributed by atoms with van der Waals surface area (Å²) in [4.78, 5) is 126. The highest BCUT2D eigenvalue weighted by Crippen LogP contribution is 2.21. The monoisotopic (exact) mass is 676 g/mol. The van der Waals surface area contributed by atoms with Crippen molar-refractivity contribution >= 4 is 59.2 Å². The number of carboxylic acid groups (broad SMARTS) is 2. The summed E-state index contributed by atoms with van der Waals surface area (Å²) in [6.07, 6.45) is 2.83. The van der Waals surface area contributed by atoms with Crippen molar-refractivity contribution in [2.24, 2.45) is 11.8 Å². The van der Waals surface area contributed by atoms with E-state index in [2.05, 4.69) is 21.3 Å². The molecule has 18 heteroatoms. The van der Waals surface area contributed by atoms with E-state index in [9.17, 15) is 58.2 Å². The molecule has 0 aliphatic carbocycles. The number of hydrogen-bond donors (Lipinski definition) is 6. The van der Waals surface area contributed by atoms with Crippen molar-refractivity contribution in [1.82, 2.24) is 31.1 Å². The normalized spacial score (nSPS) is 16.6. The van der Waals surface area contributed by atoms with Gasteiger partial charge in [0.2, 0.25) is 23.6 Å². The molecule has 0 aromatic heterocycles. The molecule has 8 amide bonds. The van der Waals surface area contributed by atoms with E-state index in [1.54, 1.807) is 27.7 Å². The van der Waals surface area contributed by atoms with E-state index in [0.29, 0.717) is 9.80 Å². The molecule has 0 radical (unpaired) electrons. The number of rotatable bonds is 19. The predicted octanol–water partition coefficient (Wildman–Crippen LogP) is -2.18. The molecule has 0 aromatic carbocycles. The highest BCUT2D eigenvalue weighted by atomic mass is 16.4. The van der Waals surface area contributed by atoms with Gasteiger partial charge in [-0.1, -0.05) is 27.7 Å².